The molecule has 0 saturated heterocycles. The Hall–Kier alpha value is -2.77. The maximum absolute atomic E-state index is 11.6. The zero-order valence-corrected chi connectivity index (χ0v) is 13.9. The van der Waals surface area contributed by atoms with Gasteiger partial charge in [0.1, 0.15) is 11.5 Å². The third-order valence-electron chi connectivity index (χ3n) is 2.93. The first-order valence-electron chi connectivity index (χ1n) is 7.56. The molecule has 1 aromatic carbocycles. The van der Waals surface area contributed by atoms with Crippen molar-refractivity contribution in [2.24, 2.45) is 0 Å². The van der Waals surface area contributed by atoms with Crippen molar-refractivity contribution in [2.75, 3.05) is 33.4 Å². The van der Waals surface area contributed by atoms with Crippen LogP contribution in [0.2, 0.25) is 0 Å². The Balaban J connectivity index is 2.11. The molecule has 3 amide bonds. The third kappa shape index (κ3) is 8.62. The van der Waals surface area contributed by atoms with Gasteiger partial charge in [0.05, 0.1) is 13.7 Å². The van der Waals surface area contributed by atoms with E-state index in [-0.39, 0.29) is 30.9 Å². The number of rotatable bonds is 10. The summed E-state index contributed by atoms with van der Waals surface area (Å²) in [5, 5.41) is 7.73. The number of hydrogen-bond donors (Lipinski definition) is 3. The van der Waals surface area contributed by atoms with Crippen molar-refractivity contribution in [1.29, 1.82) is 0 Å². The van der Waals surface area contributed by atoms with Crippen molar-refractivity contribution in [3.05, 3.63) is 24.3 Å². The summed E-state index contributed by atoms with van der Waals surface area (Å²) >= 11 is 0. The zero-order valence-electron chi connectivity index (χ0n) is 13.9. The Labute approximate surface area is 140 Å². The first-order chi connectivity index (χ1) is 11.5. The van der Waals surface area contributed by atoms with Crippen molar-refractivity contribution in [3.8, 4) is 11.5 Å². The summed E-state index contributed by atoms with van der Waals surface area (Å²) in [7, 11) is 1.56. The Kier molecular flexibility index (Phi) is 8.73. The average molecular weight is 337 g/mol. The summed E-state index contributed by atoms with van der Waals surface area (Å²) in [5.74, 6) is 0.440. The molecule has 0 aliphatic heterocycles. The summed E-state index contributed by atoms with van der Waals surface area (Å²) in [5.41, 5.74) is 0. The summed E-state index contributed by atoms with van der Waals surface area (Å²) in [6.45, 7) is 2.06. The lowest BCUT2D eigenvalue weighted by Gasteiger charge is -2.09. The fourth-order valence-electron chi connectivity index (χ4n) is 1.69. The maximum atomic E-state index is 11.6. The highest BCUT2D eigenvalue weighted by molar-refractivity contribution is 5.85. The SMILES string of the molecule is COc1ccc(OCC(=O)NCC(=O)NCCCNC(C)=O)cc1. The van der Waals surface area contributed by atoms with Gasteiger partial charge < -0.3 is 25.4 Å². The molecule has 8 nitrogen and oxygen atoms in total. The molecular weight excluding hydrogens is 314 g/mol. The van der Waals surface area contributed by atoms with Crippen LogP contribution in [0.1, 0.15) is 13.3 Å². The number of ether oxygens (including phenoxy) is 2. The van der Waals surface area contributed by atoms with Crippen LogP contribution >= 0.6 is 0 Å². The van der Waals surface area contributed by atoms with Crippen molar-refractivity contribution in [2.45, 2.75) is 13.3 Å². The van der Waals surface area contributed by atoms with E-state index in [1.54, 1.807) is 31.4 Å². The Morgan fingerprint density at radius 3 is 2.17 bits per heavy atom. The van der Waals surface area contributed by atoms with Crippen LogP contribution in [-0.4, -0.2) is 51.1 Å². The second kappa shape index (κ2) is 10.9. The van der Waals surface area contributed by atoms with Gasteiger partial charge in [-0.3, -0.25) is 14.4 Å². The van der Waals surface area contributed by atoms with Crippen molar-refractivity contribution in [1.82, 2.24) is 16.0 Å². The van der Waals surface area contributed by atoms with Gasteiger partial charge in [-0.1, -0.05) is 0 Å². The van der Waals surface area contributed by atoms with Gasteiger partial charge >= 0.3 is 0 Å². The van der Waals surface area contributed by atoms with Crippen molar-refractivity contribution in [3.63, 3.8) is 0 Å². The molecule has 0 atom stereocenters. The molecule has 0 unspecified atom stereocenters. The van der Waals surface area contributed by atoms with E-state index in [1.165, 1.54) is 6.92 Å². The second-order valence-corrected chi connectivity index (χ2v) is 4.93. The number of amides is 3. The second-order valence-electron chi connectivity index (χ2n) is 4.93. The van der Waals surface area contributed by atoms with E-state index in [4.69, 9.17) is 9.47 Å². The molecule has 8 heteroatoms. The van der Waals surface area contributed by atoms with E-state index in [1.807, 2.05) is 0 Å². The number of nitrogens with one attached hydrogen (secondary N) is 3. The zero-order chi connectivity index (χ0) is 17.8. The average Bonchev–Trinajstić information content (AvgIpc) is 2.58. The van der Waals surface area contributed by atoms with E-state index in [0.717, 1.165) is 0 Å². The standard InChI is InChI=1S/C16H23N3O5/c1-12(20)17-8-3-9-18-15(21)10-19-16(22)11-24-14-6-4-13(23-2)5-7-14/h4-7H,3,8-11H2,1-2H3,(H,17,20)(H,18,21)(H,19,22). The molecule has 24 heavy (non-hydrogen) atoms. The van der Waals surface area contributed by atoms with Crippen LogP contribution in [0.5, 0.6) is 11.5 Å². The highest BCUT2D eigenvalue weighted by Gasteiger charge is 2.06. The van der Waals surface area contributed by atoms with Crippen LogP contribution < -0.4 is 25.4 Å². The molecule has 0 spiro atoms. The lowest BCUT2D eigenvalue weighted by Crippen LogP contribution is -2.39. The first-order valence-corrected chi connectivity index (χ1v) is 7.56. The molecule has 0 aliphatic rings. The molecule has 1 aromatic rings. The summed E-state index contributed by atoms with van der Waals surface area (Å²) in [6.07, 6.45) is 0.625. The Bertz CT molecular complexity index is 545. The fourth-order valence-corrected chi connectivity index (χ4v) is 1.69. The van der Waals surface area contributed by atoms with Gasteiger partial charge in [-0.15, -0.1) is 0 Å². The molecule has 132 valence electrons. The summed E-state index contributed by atoms with van der Waals surface area (Å²) < 4.78 is 10.3. The number of hydrogen-bond acceptors (Lipinski definition) is 5. The number of benzene rings is 1. The first kappa shape index (κ1) is 19.3. The predicted octanol–water partition coefficient (Wildman–Crippen LogP) is -0.167. The minimum absolute atomic E-state index is 0.106. The maximum Gasteiger partial charge on any atom is 0.258 e. The highest BCUT2D eigenvalue weighted by atomic mass is 16.5. The van der Waals surface area contributed by atoms with Gasteiger partial charge in [-0.2, -0.15) is 0 Å². The van der Waals surface area contributed by atoms with Crippen LogP contribution in [0.3, 0.4) is 0 Å². The van der Waals surface area contributed by atoms with Crippen LogP contribution in [-0.2, 0) is 14.4 Å². The molecule has 0 aliphatic carbocycles. The number of methoxy groups -OCH3 is 1. The topological polar surface area (TPSA) is 106 Å². The van der Waals surface area contributed by atoms with Crippen LogP contribution in [0.15, 0.2) is 24.3 Å². The smallest absolute Gasteiger partial charge is 0.258 e. The molecule has 0 radical (unpaired) electrons. The number of carbonyl (C=O) groups excluding carboxylic acids is 3. The number of carbonyl (C=O) groups is 3. The normalized spacial score (nSPS) is 9.75. The molecule has 0 heterocycles. The highest BCUT2D eigenvalue weighted by Crippen LogP contribution is 2.16. The summed E-state index contributed by atoms with van der Waals surface area (Å²) in [6, 6.07) is 6.82. The predicted molar refractivity (Wildman–Crippen MR) is 87.8 cm³/mol. The third-order valence-corrected chi connectivity index (χ3v) is 2.93. The van der Waals surface area contributed by atoms with Crippen LogP contribution in [0.25, 0.3) is 0 Å². The largest absolute Gasteiger partial charge is 0.497 e. The molecule has 0 aromatic heterocycles. The van der Waals surface area contributed by atoms with Gasteiger partial charge in [0, 0.05) is 20.0 Å². The molecule has 1 rings (SSSR count). The van der Waals surface area contributed by atoms with Crippen LogP contribution in [0, 0.1) is 0 Å². The van der Waals surface area contributed by atoms with Gasteiger partial charge in [0.25, 0.3) is 5.91 Å². The fraction of sp³-hybridized carbons (Fsp3) is 0.438. The molecule has 0 fully saturated rings. The lowest BCUT2D eigenvalue weighted by molar-refractivity contribution is -0.127. The van der Waals surface area contributed by atoms with E-state index in [9.17, 15) is 14.4 Å². The van der Waals surface area contributed by atoms with Crippen LogP contribution in [0.4, 0.5) is 0 Å². The minimum Gasteiger partial charge on any atom is -0.497 e. The van der Waals surface area contributed by atoms with Crippen molar-refractivity contribution < 1.29 is 23.9 Å². The monoisotopic (exact) mass is 337 g/mol. The quantitative estimate of drug-likeness (QED) is 0.514. The van der Waals surface area contributed by atoms with E-state index < -0.39 is 0 Å². The van der Waals surface area contributed by atoms with Gasteiger partial charge in [0.15, 0.2) is 6.61 Å². The van der Waals surface area contributed by atoms with E-state index in [0.29, 0.717) is 31.0 Å². The van der Waals surface area contributed by atoms with Crippen molar-refractivity contribution >= 4 is 17.7 Å². The lowest BCUT2D eigenvalue weighted by atomic mass is 10.3. The van der Waals surface area contributed by atoms with Gasteiger partial charge in [0.2, 0.25) is 11.8 Å². The van der Waals surface area contributed by atoms with E-state index >= 15 is 0 Å². The van der Waals surface area contributed by atoms with Gasteiger partial charge in [-0.25, -0.2) is 0 Å². The Morgan fingerprint density at radius 1 is 0.917 bits per heavy atom. The van der Waals surface area contributed by atoms with Gasteiger partial charge in [-0.05, 0) is 30.7 Å². The minimum atomic E-state index is -0.390. The molecule has 3 N–H and O–H groups in total. The molecule has 0 saturated carbocycles. The van der Waals surface area contributed by atoms with E-state index in [2.05, 4.69) is 16.0 Å². The summed E-state index contributed by atoms with van der Waals surface area (Å²) in [4.78, 5) is 33.8. The Morgan fingerprint density at radius 2 is 1.54 bits per heavy atom. The molecular formula is C16H23N3O5. The molecule has 0 bridgehead atoms.